The smallest absolute Gasteiger partial charge is 0.221 e. The van der Waals surface area contributed by atoms with Gasteiger partial charge in [0.1, 0.15) is 0 Å². The number of allylic oxidation sites excluding steroid dienone is 2. The number of aryl methyl sites for hydroxylation is 1. The summed E-state index contributed by atoms with van der Waals surface area (Å²) >= 11 is 0. The molecule has 0 fully saturated rings. The Morgan fingerprint density at radius 2 is 1.82 bits per heavy atom. The van der Waals surface area contributed by atoms with Crippen LogP contribution < -0.4 is 5.32 Å². The molecule has 1 rings (SSSR count). The van der Waals surface area contributed by atoms with E-state index in [1.54, 1.807) is 13.0 Å². The first kappa shape index (κ1) is 13.2. The summed E-state index contributed by atoms with van der Waals surface area (Å²) in [7, 11) is 0. The molecule has 0 radical (unpaired) electrons. The van der Waals surface area contributed by atoms with E-state index in [0.29, 0.717) is 0 Å². The molecule has 1 N–H and O–H groups in total. The molecule has 1 aromatic rings. The molecule has 0 saturated carbocycles. The maximum atomic E-state index is 10.8. The molecule has 0 atom stereocenters. The van der Waals surface area contributed by atoms with Crippen LogP contribution in [0, 0.1) is 0 Å². The lowest BCUT2D eigenvalue weighted by Crippen LogP contribution is -2.05. The van der Waals surface area contributed by atoms with Crippen LogP contribution in [0.25, 0.3) is 0 Å². The van der Waals surface area contributed by atoms with Crippen LogP contribution in [0.15, 0.2) is 36.4 Å². The minimum absolute atomic E-state index is 0.0675. The molecule has 0 spiro atoms. The van der Waals surface area contributed by atoms with Gasteiger partial charge in [-0.1, -0.05) is 18.2 Å². The highest BCUT2D eigenvalue weighted by atomic mass is 16.1. The van der Waals surface area contributed by atoms with Crippen molar-refractivity contribution >= 4 is 17.4 Å². The fourth-order valence-electron chi connectivity index (χ4n) is 1.46. The summed E-state index contributed by atoms with van der Waals surface area (Å²) in [5, 5.41) is 2.72. The average molecular weight is 231 g/mol. The monoisotopic (exact) mass is 231 g/mol. The lowest BCUT2D eigenvalue weighted by molar-refractivity contribution is -0.114. The van der Waals surface area contributed by atoms with Crippen molar-refractivity contribution in [1.29, 1.82) is 0 Å². The Labute approximate surface area is 102 Å². The number of carbonyl (C=O) groups is 2. The number of hydrogen-bond acceptors (Lipinski definition) is 2. The van der Waals surface area contributed by atoms with Gasteiger partial charge in [-0.25, -0.2) is 0 Å². The van der Waals surface area contributed by atoms with E-state index in [9.17, 15) is 9.59 Å². The lowest BCUT2D eigenvalue weighted by Gasteiger charge is -2.03. The van der Waals surface area contributed by atoms with Crippen LogP contribution in [0.1, 0.15) is 25.8 Å². The van der Waals surface area contributed by atoms with Crippen LogP contribution in [0.2, 0.25) is 0 Å². The van der Waals surface area contributed by atoms with E-state index in [4.69, 9.17) is 0 Å². The van der Waals surface area contributed by atoms with E-state index in [1.807, 2.05) is 30.3 Å². The molecular weight excluding hydrogens is 214 g/mol. The number of hydrogen-bond donors (Lipinski definition) is 1. The number of nitrogens with one attached hydrogen (secondary N) is 1. The summed E-state index contributed by atoms with van der Waals surface area (Å²) in [5.41, 5.74) is 1.99. The van der Waals surface area contributed by atoms with E-state index >= 15 is 0 Å². The van der Waals surface area contributed by atoms with E-state index < -0.39 is 0 Å². The van der Waals surface area contributed by atoms with Crippen molar-refractivity contribution < 1.29 is 9.59 Å². The third-order valence-corrected chi connectivity index (χ3v) is 2.23. The molecule has 3 heteroatoms. The molecule has 1 aromatic carbocycles. The zero-order valence-corrected chi connectivity index (χ0v) is 10.2. The van der Waals surface area contributed by atoms with Crippen LogP contribution in [0.4, 0.5) is 5.69 Å². The predicted octanol–water partition coefficient (Wildman–Crippen LogP) is 2.72. The highest BCUT2D eigenvalue weighted by Crippen LogP contribution is 2.11. The number of ketones is 1. The molecule has 0 aliphatic carbocycles. The molecule has 0 heterocycles. The van der Waals surface area contributed by atoms with Crippen LogP contribution in [-0.2, 0) is 16.0 Å². The van der Waals surface area contributed by atoms with Crippen LogP contribution >= 0.6 is 0 Å². The van der Waals surface area contributed by atoms with Crippen molar-refractivity contribution in [3.63, 3.8) is 0 Å². The zero-order chi connectivity index (χ0) is 12.7. The highest BCUT2D eigenvalue weighted by molar-refractivity contribution is 5.88. The first-order valence-electron chi connectivity index (χ1n) is 5.61. The topological polar surface area (TPSA) is 46.2 Å². The lowest BCUT2D eigenvalue weighted by atomic mass is 10.1. The SMILES string of the molecule is CC(=O)/C=C/CCc1ccc(NC(C)=O)cc1. The molecule has 17 heavy (non-hydrogen) atoms. The Kier molecular flexibility index (Phi) is 5.14. The van der Waals surface area contributed by atoms with Crippen molar-refractivity contribution in [2.24, 2.45) is 0 Å². The summed E-state index contributed by atoms with van der Waals surface area (Å²) in [4.78, 5) is 21.5. The maximum absolute atomic E-state index is 10.8. The van der Waals surface area contributed by atoms with Crippen molar-refractivity contribution in [1.82, 2.24) is 0 Å². The Hall–Kier alpha value is -1.90. The molecule has 0 unspecified atom stereocenters. The van der Waals surface area contributed by atoms with Gasteiger partial charge in [-0.2, -0.15) is 0 Å². The normalized spacial score (nSPS) is 10.5. The second kappa shape index (κ2) is 6.63. The Morgan fingerprint density at radius 3 is 2.35 bits per heavy atom. The Balaban J connectivity index is 2.45. The van der Waals surface area contributed by atoms with Gasteiger partial charge in [-0.15, -0.1) is 0 Å². The Bertz CT molecular complexity index is 418. The molecule has 0 bridgehead atoms. The summed E-state index contributed by atoms with van der Waals surface area (Å²) in [6.45, 7) is 3.03. The molecule has 1 amide bonds. The fourth-order valence-corrected chi connectivity index (χ4v) is 1.46. The fraction of sp³-hybridized carbons (Fsp3) is 0.286. The quantitative estimate of drug-likeness (QED) is 0.792. The van der Waals surface area contributed by atoms with E-state index in [0.717, 1.165) is 18.5 Å². The van der Waals surface area contributed by atoms with Gasteiger partial charge in [0.2, 0.25) is 5.91 Å². The van der Waals surface area contributed by atoms with Crippen molar-refractivity contribution in [3.8, 4) is 0 Å². The third kappa shape index (κ3) is 5.66. The summed E-state index contributed by atoms with van der Waals surface area (Å²) < 4.78 is 0. The number of anilines is 1. The minimum atomic E-state index is -0.0675. The highest BCUT2D eigenvalue weighted by Gasteiger charge is 1.95. The molecule has 3 nitrogen and oxygen atoms in total. The van der Waals surface area contributed by atoms with Gasteiger partial charge in [0, 0.05) is 12.6 Å². The Morgan fingerprint density at radius 1 is 1.18 bits per heavy atom. The number of rotatable bonds is 5. The zero-order valence-electron chi connectivity index (χ0n) is 10.2. The van der Waals surface area contributed by atoms with Crippen LogP contribution in [0.3, 0.4) is 0 Å². The summed E-state index contributed by atoms with van der Waals surface area (Å²) in [6, 6.07) is 7.72. The first-order valence-corrected chi connectivity index (χ1v) is 5.61. The van der Waals surface area contributed by atoms with Gasteiger partial charge in [0.15, 0.2) is 5.78 Å². The molecule has 90 valence electrons. The molecule has 0 aromatic heterocycles. The minimum Gasteiger partial charge on any atom is -0.326 e. The van der Waals surface area contributed by atoms with Gasteiger partial charge in [-0.3, -0.25) is 9.59 Å². The molecule has 0 saturated heterocycles. The van der Waals surface area contributed by atoms with Crippen LogP contribution in [-0.4, -0.2) is 11.7 Å². The largest absolute Gasteiger partial charge is 0.326 e. The van der Waals surface area contributed by atoms with Crippen molar-refractivity contribution in [3.05, 3.63) is 42.0 Å². The van der Waals surface area contributed by atoms with E-state index in [-0.39, 0.29) is 11.7 Å². The molecule has 0 aliphatic heterocycles. The number of benzene rings is 1. The van der Waals surface area contributed by atoms with Gasteiger partial charge < -0.3 is 5.32 Å². The second-order valence-electron chi connectivity index (χ2n) is 3.93. The standard InChI is InChI=1S/C14H17NO2/c1-11(16)5-3-4-6-13-7-9-14(10-8-13)15-12(2)17/h3,5,7-10H,4,6H2,1-2H3,(H,15,17)/b5-3+. The number of amides is 1. The predicted molar refractivity (Wildman–Crippen MR) is 68.9 cm³/mol. The van der Waals surface area contributed by atoms with E-state index in [1.165, 1.54) is 12.5 Å². The van der Waals surface area contributed by atoms with Crippen molar-refractivity contribution in [2.45, 2.75) is 26.7 Å². The van der Waals surface area contributed by atoms with Gasteiger partial charge in [0.05, 0.1) is 0 Å². The number of carbonyl (C=O) groups excluding carboxylic acids is 2. The van der Waals surface area contributed by atoms with Gasteiger partial charge in [0.25, 0.3) is 0 Å². The van der Waals surface area contributed by atoms with Crippen LogP contribution in [0.5, 0.6) is 0 Å². The van der Waals surface area contributed by atoms with Gasteiger partial charge >= 0.3 is 0 Å². The second-order valence-corrected chi connectivity index (χ2v) is 3.93. The van der Waals surface area contributed by atoms with Gasteiger partial charge in [-0.05, 0) is 43.5 Å². The maximum Gasteiger partial charge on any atom is 0.221 e. The molecular formula is C14H17NO2. The van der Waals surface area contributed by atoms with E-state index in [2.05, 4.69) is 5.32 Å². The average Bonchev–Trinajstić information content (AvgIpc) is 2.25. The molecule has 0 aliphatic rings. The van der Waals surface area contributed by atoms with Crippen molar-refractivity contribution in [2.75, 3.05) is 5.32 Å². The summed E-state index contributed by atoms with van der Waals surface area (Å²) in [5.74, 6) is 0.00754. The summed E-state index contributed by atoms with van der Waals surface area (Å²) in [6.07, 6.45) is 5.21. The third-order valence-electron chi connectivity index (χ3n) is 2.23. The first-order chi connectivity index (χ1) is 8.08.